The summed E-state index contributed by atoms with van der Waals surface area (Å²) >= 11 is 0. The number of hydrogen-bond acceptors (Lipinski definition) is 5. The molecule has 0 bridgehead atoms. The third kappa shape index (κ3) is 3.89. The fourth-order valence-corrected chi connectivity index (χ4v) is 1.72. The molecule has 1 aromatic heterocycles. The average Bonchev–Trinajstić information content (AvgIpc) is 2.98. The third-order valence-corrected chi connectivity index (χ3v) is 2.50. The number of ether oxygens (including phenoxy) is 1. The summed E-state index contributed by atoms with van der Waals surface area (Å²) in [5.41, 5.74) is 5.52. The topological polar surface area (TPSA) is 78.0 Å². The van der Waals surface area contributed by atoms with Crippen LogP contribution in [-0.2, 0) is 11.3 Å². The molecule has 1 aliphatic rings. The van der Waals surface area contributed by atoms with Gasteiger partial charge in [-0.05, 0) is 19.8 Å². The molecule has 2 rings (SSSR count). The minimum Gasteiger partial charge on any atom is -0.376 e. The van der Waals surface area contributed by atoms with Crippen LogP contribution in [0, 0.1) is 0 Å². The lowest BCUT2D eigenvalue weighted by Gasteiger charge is -2.10. The van der Waals surface area contributed by atoms with E-state index in [1.54, 1.807) is 4.68 Å². The highest BCUT2D eigenvalue weighted by molar-refractivity contribution is 5.31. The van der Waals surface area contributed by atoms with E-state index in [9.17, 15) is 0 Å². The van der Waals surface area contributed by atoms with Crippen molar-refractivity contribution in [2.24, 2.45) is 0 Å². The SMILES string of the molecule is CC.CCn1nc(N)nc1NCC1CCCO1. The van der Waals surface area contributed by atoms with Crippen LogP contribution in [0.2, 0.25) is 0 Å². The Kier molecular flexibility index (Phi) is 5.76. The Morgan fingerprint density at radius 1 is 1.53 bits per heavy atom. The maximum atomic E-state index is 5.52. The standard InChI is InChI=1S/C9H17N5O.C2H6/c1-2-14-9(12-8(10)13-14)11-6-7-4-3-5-15-7;1-2/h7H,2-6H2,1H3,(H3,10,11,12,13);1-2H3. The molecule has 0 amide bonds. The molecule has 6 nitrogen and oxygen atoms in total. The molecule has 1 fully saturated rings. The van der Waals surface area contributed by atoms with Gasteiger partial charge in [0, 0.05) is 19.7 Å². The van der Waals surface area contributed by atoms with E-state index in [0.29, 0.717) is 12.1 Å². The van der Waals surface area contributed by atoms with Gasteiger partial charge < -0.3 is 15.8 Å². The van der Waals surface area contributed by atoms with Crippen LogP contribution in [0.3, 0.4) is 0 Å². The largest absolute Gasteiger partial charge is 0.376 e. The lowest BCUT2D eigenvalue weighted by atomic mass is 10.2. The monoisotopic (exact) mass is 241 g/mol. The molecule has 6 heteroatoms. The molecular weight excluding hydrogens is 218 g/mol. The maximum absolute atomic E-state index is 5.52. The van der Waals surface area contributed by atoms with E-state index in [0.717, 1.165) is 38.5 Å². The van der Waals surface area contributed by atoms with Crippen molar-refractivity contribution in [3.05, 3.63) is 0 Å². The zero-order chi connectivity index (χ0) is 12.7. The Hall–Kier alpha value is -1.30. The summed E-state index contributed by atoms with van der Waals surface area (Å²) in [6, 6.07) is 0. The summed E-state index contributed by atoms with van der Waals surface area (Å²) in [4.78, 5) is 4.11. The molecule has 0 aliphatic carbocycles. The molecule has 1 aliphatic heterocycles. The molecule has 0 radical (unpaired) electrons. The van der Waals surface area contributed by atoms with Gasteiger partial charge in [0.05, 0.1) is 6.10 Å². The van der Waals surface area contributed by atoms with Crippen molar-refractivity contribution in [3.8, 4) is 0 Å². The van der Waals surface area contributed by atoms with Crippen molar-refractivity contribution >= 4 is 11.9 Å². The summed E-state index contributed by atoms with van der Waals surface area (Å²) < 4.78 is 7.26. The first-order chi connectivity index (χ1) is 8.29. The summed E-state index contributed by atoms with van der Waals surface area (Å²) in [5, 5.41) is 7.27. The molecule has 2 heterocycles. The van der Waals surface area contributed by atoms with Crippen LogP contribution in [0.15, 0.2) is 0 Å². The van der Waals surface area contributed by atoms with Crippen LogP contribution in [0.1, 0.15) is 33.6 Å². The second-order valence-electron chi connectivity index (χ2n) is 3.63. The Labute approximate surface area is 103 Å². The average molecular weight is 241 g/mol. The summed E-state index contributed by atoms with van der Waals surface area (Å²) in [5.74, 6) is 1.04. The van der Waals surface area contributed by atoms with Gasteiger partial charge in [-0.15, -0.1) is 5.10 Å². The first-order valence-electron chi connectivity index (χ1n) is 6.35. The molecule has 98 valence electrons. The molecule has 1 aromatic rings. The number of nitrogen functional groups attached to an aromatic ring is 1. The first-order valence-corrected chi connectivity index (χ1v) is 6.35. The highest BCUT2D eigenvalue weighted by atomic mass is 16.5. The van der Waals surface area contributed by atoms with Gasteiger partial charge in [0.25, 0.3) is 0 Å². The number of rotatable bonds is 4. The summed E-state index contributed by atoms with van der Waals surface area (Å²) in [7, 11) is 0. The molecule has 1 atom stereocenters. The number of hydrogen-bond donors (Lipinski definition) is 2. The van der Waals surface area contributed by atoms with Gasteiger partial charge in [0.2, 0.25) is 11.9 Å². The van der Waals surface area contributed by atoms with Gasteiger partial charge >= 0.3 is 0 Å². The quantitative estimate of drug-likeness (QED) is 0.835. The van der Waals surface area contributed by atoms with Crippen LogP contribution in [-0.4, -0.2) is 34.0 Å². The van der Waals surface area contributed by atoms with E-state index in [1.165, 1.54) is 0 Å². The van der Waals surface area contributed by atoms with Crippen molar-refractivity contribution in [1.82, 2.24) is 14.8 Å². The zero-order valence-electron chi connectivity index (χ0n) is 10.9. The second-order valence-corrected chi connectivity index (χ2v) is 3.63. The van der Waals surface area contributed by atoms with Crippen molar-refractivity contribution in [3.63, 3.8) is 0 Å². The van der Waals surface area contributed by atoms with E-state index < -0.39 is 0 Å². The van der Waals surface area contributed by atoms with Crippen molar-refractivity contribution in [2.45, 2.75) is 46.3 Å². The fraction of sp³-hybridized carbons (Fsp3) is 0.818. The zero-order valence-corrected chi connectivity index (χ0v) is 10.9. The van der Waals surface area contributed by atoms with Crippen LogP contribution in [0.4, 0.5) is 11.9 Å². The molecule has 17 heavy (non-hydrogen) atoms. The molecular formula is C11H23N5O. The van der Waals surface area contributed by atoms with Crippen molar-refractivity contribution < 1.29 is 4.74 Å². The smallest absolute Gasteiger partial charge is 0.241 e. The molecule has 0 saturated carbocycles. The van der Waals surface area contributed by atoms with E-state index in [4.69, 9.17) is 10.5 Å². The Morgan fingerprint density at radius 3 is 2.88 bits per heavy atom. The van der Waals surface area contributed by atoms with E-state index in [2.05, 4.69) is 15.4 Å². The highest BCUT2D eigenvalue weighted by Gasteiger charge is 2.16. The van der Waals surface area contributed by atoms with Gasteiger partial charge in [0.15, 0.2) is 0 Å². The minimum absolute atomic E-state index is 0.299. The number of aryl methyl sites for hydroxylation is 1. The van der Waals surface area contributed by atoms with Gasteiger partial charge in [-0.2, -0.15) is 4.98 Å². The van der Waals surface area contributed by atoms with E-state index in [1.807, 2.05) is 20.8 Å². The van der Waals surface area contributed by atoms with Gasteiger partial charge in [0.1, 0.15) is 0 Å². The van der Waals surface area contributed by atoms with E-state index >= 15 is 0 Å². The lowest BCUT2D eigenvalue weighted by molar-refractivity contribution is 0.120. The van der Waals surface area contributed by atoms with Crippen molar-refractivity contribution in [1.29, 1.82) is 0 Å². The summed E-state index contributed by atoms with van der Waals surface area (Å²) in [6.07, 6.45) is 2.56. The minimum atomic E-state index is 0.299. The number of nitrogens with zero attached hydrogens (tertiary/aromatic N) is 3. The molecule has 1 unspecified atom stereocenters. The molecule has 1 saturated heterocycles. The van der Waals surface area contributed by atoms with Crippen LogP contribution in [0.25, 0.3) is 0 Å². The second kappa shape index (κ2) is 7.11. The normalized spacial score (nSPS) is 18.6. The lowest BCUT2D eigenvalue weighted by Crippen LogP contribution is -2.20. The third-order valence-electron chi connectivity index (χ3n) is 2.50. The predicted octanol–water partition coefficient (Wildman–Crippen LogP) is 1.50. The first kappa shape index (κ1) is 13.8. The van der Waals surface area contributed by atoms with Crippen LogP contribution < -0.4 is 11.1 Å². The van der Waals surface area contributed by atoms with E-state index in [-0.39, 0.29) is 0 Å². The Bertz CT molecular complexity index is 320. The number of nitrogens with two attached hydrogens (primary N) is 1. The predicted molar refractivity (Wildman–Crippen MR) is 68.9 cm³/mol. The Morgan fingerprint density at radius 2 is 2.29 bits per heavy atom. The molecule has 0 spiro atoms. The summed E-state index contributed by atoms with van der Waals surface area (Å²) in [6.45, 7) is 8.41. The maximum Gasteiger partial charge on any atom is 0.241 e. The van der Waals surface area contributed by atoms with Gasteiger partial charge in [-0.3, -0.25) is 0 Å². The number of aromatic nitrogens is 3. The van der Waals surface area contributed by atoms with Gasteiger partial charge in [-0.1, -0.05) is 13.8 Å². The van der Waals surface area contributed by atoms with Crippen LogP contribution in [0.5, 0.6) is 0 Å². The van der Waals surface area contributed by atoms with Crippen LogP contribution >= 0.6 is 0 Å². The Balaban J connectivity index is 0.000000686. The highest BCUT2D eigenvalue weighted by Crippen LogP contribution is 2.13. The molecule has 3 N–H and O–H groups in total. The van der Waals surface area contributed by atoms with Gasteiger partial charge in [-0.25, -0.2) is 4.68 Å². The number of nitrogens with one attached hydrogen (secondary N) is 1. The van der Waals surface area contributed by atoms with Crippen molar-refractivity contribution in [2.75, 3.05) is 24.2 Å². The fourth-order valence-electron chi connectivity index (χ4n) is 1.72. The molecule has 0 aromatic carbocycles. The number of anilines is 2.